The van der Waals surface area contributed by atoms with E-state index in [4.69, 9.17) is 16.7 Å². The summed E-state index contributed by atoms with van der Waals surface area (Å²) in [6, 6.07) is 7.96. The van der Waals surface area contributed by atoms with E-state index in [1.54, 1.807) is 6.92 Å². The number of nitrogens with one attached hydrogen (secondary N) is 1. The molecule has 14 heavy (non-hydrogen) atoms. The van der Waals surface area contributed by atoms with E-state index in [2.05, 4.69) is 12.2 Å². The maximum Gasteiger partial charge on any atom is 0.0636 e. The second-order valence-corrected chi connectivity index (χ2v) is 3.97. The standard InChI is InChI=1S/C11H16ClNO/c1-8(14)7-13-9(2)10-3-5-11(12)6-4-10/h3-6,8-9,13-14H,7H2,1-2H3. The SMILES string of the molecule is CC(O)CNC(C)c1ccc(Cl)cc1. The van der Waals surface area contributed by atoms with Crippen LogP contribution in [-0.4, -0.2) is 17.8 Å². The first-order valence-corrected chi connectivity index (χ1v) is 5.14. The van der Waals surface area contributed by atoms with Crippen LogP contribution in [0.3, 0.4) is 0 Å². The van der Waals surface area contributed by atoms with Gasteiger partial charge < -0.3 is 10.4 Å². The molecule has 0 fully saturated rings. The van der Waals surface area contributed by atoms with Gasteiger partial charge in [0.2, 0.25) is 0 Å². The first-order valence-electron chi connectivity index (χ1n) is 4.76. The Morgan fingerprint density at radius 2 is 1.86 bits per heavy atom. The molecule has 2 nitrogen and oxygen atoms in total. The lowest BCUT2D eigenvalue weighted by Gasteiger charge is -2.15. The summed E-state index contributed by atoms with van der Waals surface area (Å²) in [6.07, 6.45) is -0.315. The number of aliphatic hydroxyl groups is 1. The average Bonchev–Trinajstić information content (AvgIpc) is 2.15. The van der Waals surface area contributed by atoms with Crippen LogP contribution >= 0.6 is 11.6 Å². The van der Waals surface area contributed by atoms with Gasteiger partial charge in [-0.3, -0.25) is 0 Å². The lowest BCUT2D eigenvalue weighted by Crippen LogP contribution is -2.27. The number of aliphatic hydroxyl groups excluding tert-OH is 1. The first-order chi connectivity index (χ1) is 6.59. The van der Waals surface area contributed by atoms with Gasteiger partial charge >= 0.3 is 0 Å². The molecule has 0 aliphatic carbocycles. The van der Waals surface area contributed by atoms with Crippen molar-refractivity contribution < 1.29 is 5.11 Å². The van der Waals surface area contributed by atoms with Crippen LogP contribution in [0.25, 0.3) is 0 Å². The Balaban J connectivity index is 2.52. The van der Waals surface area contributed by atoms with Crippen molar-refractivity contribution in [3.63, 3.8) is 0 Å². The van der Waals surface area contributed by atoms with Crippen molar-refractivity contribution >= 4 is 11.6 Å². The maximum absolute atomic E-state index is 9.11. The van der Waals surface area contributed by atoms with Gasteiger partial charge in [-0.15, -0.1) is 0 Å². The number of rotatable bonds is 4. The van der Waals surface area contributed by atoms with Gasteiger partial charge in [-0.05, 0) is 31.5 Å². The second-order valence-electron chi connectivity index (χ2n) is 3.53. The second kappa shape index (κ2) is 5.35. The normalized spacial score (nSPS) is 15.1. The summed E-state index contributed by atoms with van der Waals surface area (Å²) in [5, 5.41) is 13.1. The Labute approximate surface area is 89.9 Å². The third-order valence-electron chi connectivity index (χ3n) is 2.09. The Kier molecular flexibility index (Phi) is 4.39. The third kappa shape index (κ3) is 3.66. The lowest BCUT2D eigenvalue weighted by molar-refractivity contribution is 0.187. The van der Waals surface area contributed by atoms with Crippen molar-refractivity contribution in [1.82, 2.24) is 5.32 Å². The molecule has 0 spiro atoms. The Morgan fingerprint density at radius 3 is 2.36 bits per heavy atom. The fourth-order valence-corrected chi connectivity index (χ4v) is 1.34. The van der Waals surface area contributed by atoms with Gasteiger partial charge in [0.15, 0.2) is 0 Å². The van der Waals surface area contributed by atoms with Gasteiger partial charge in [-0.1, -0.05) is 23.7 Å². The van der Waals surface area contributed by atoms with E-state index in [0.717, 1.165) is 5.02 Å². The van der Waals surface area contributed by atoms with Gasteiger partial charge in [0.1, 0.15) is 0 Å². The molecule has 0 aliphatic heterocycles. The zero-order valence-electron chi connectivity index (χ0n) is 8.50. The number of hydrogen-bond donors (Lipinski definition) is 2. The highest BCUT2D eigenvalue weighted by Gasteiger charge is 2.05. The molecule has 0 aliphatic rings. The smallest absolute Gasteiger partial charge is 0.0636 e. The fourth-order valence-electron chi connectivity index (χ4n) is 1.22. The van der Waals surface area contributed by atoms with Crippen LogP contribution in [0.5, 0.6) is 0 Å². The molecule has 0 bridgehead atoms. The van der Waals surface area contributed by atoms with Gasteiger partial charge in [-0.2, -0.15) is 0 Å². The van der Waals surface area contributed by atoms with Crippen molar-refractivity contribution in [2.45, 2.75) is 26.0 Å². The molecule has 1 rings (SSSR count). The quantitative estimate of drug-likeness (QED) is 0.805. The van der Waals surface area contributed by atoms with E-state index in [9.17, 15) is 0 Å². The molecule has 1 aromatic rings. The van der Waals surface area contributed by atoms with Gasteiger partial charge in [0.25, 0.3) is 0 Å². The largest absolute Gasteiger partial charge is 0.392 e. The van der Waals surface area contributed by atoms with Crippen LogP contribution in [0.1, 0.15) is 25.5 Å². The molecular formula is C11H16ClNO. The van der Waals surface area contributed by atoms with Gasteiger partial charge in [0.05, 0.1) is 6.10 Å². The predicted octanol–water partition coefficient (Wildman–Crippen LogP) is 2.37. The van der Waals surface area contributed by atoms with E-state index in [0.29, 0.717) is 6.54 Å². The fraction of sp³-hybridized carbons (Fsp3) is 0.455. The summed E-state index contributed by atoms with van der Waals surface area (Å²) in [5.74, 6) is 0. The summed E-state index contributed by atoms with van der Waals surface area (Å²) in [7, 11) is 0. The van der Waals surface area contributed by atoms with Crippen molar-refractivity contribution in [3.8, 4) is 0 Å². The lowest BCUT2D eigenvalue weighted by atomic mass is 10.1. The molecule has 0 saturated heterocycles. The van der Waals surface area contributed by atoms with E-state index in [1.807, 2.05) is 24.3 Å². The summed E-state index contributed by atoms with van der Waals surface area (Å²) < 4.78 is 0. The minimum atomic E-state index is -0.315. The number of benzene rings is 1. The highest BCUT2D eigenvalue weighted by molar-refractivity contribution is 6.30. The molecule has 3 heteroatoms. The Bertz CT molecular complexity index is 271. The van der Waals surface area contributed by atoms with Crippen LogP contribution in [0.15, 0.2) is 24.3 Å². The molecule has 0 radical (unpaired) electrons. The molecule has 2 N–H and O–H groups in total. The molecular weight excluding hydrogens is 198 g/mol. The molecule has 0 aromatic heterocycles. The van der Waals surface area contributed by atoms with E-state index >= 15 is 0 Å². The summed E-state index contributed by atoms with van der Waals surface area (Å²) in [5.41, 5.74) is 1.18. The molecule has 0 saturated carbocycles. The Hall–Kier alpha value is -0.570. The van der Waals surface area contributed by atoms with E-state index in [1.165, 1.54) is 5.56 Å². The predicted molar refractivity (Wildman–Crippen MR) is 59.6 cm³/mol. The average molecular weight is 214 g/mol. The minimum absolute atomic E-state index is 0.238. The van der Waals surface area contributed by atoms with Crippen LogP contribution in [0, 0.1) is 0 Å². The van der Waals surface area contributed by atoms with Crippen LogP contribution in [-0.2, 0) is 0 Å². The van der Waals surface area contributed by atoms with Crippen molar-refractivity contribution in [3.05, 3.63) is 34.9 Å². The molecule has 2 atom stereocenters. The number of halogens is 1. The van der Waals surface area contributed by atoms with Crippen molar-refractivity contribution in [2.24, 2.45) is 0 Å². The van der Waals surface area contributed by atoms with Crippen molar-refractivity contribution in [1.29, 1.82) is 0 Å². The van der Waals surface area contributed by atoms with Crippen LogP contribution < -0.4 is 5.32 Å². The highest BCUT2D eigenvalue weighted by Crippen LogP contribution is 2.15. The summed E-state index contributed by atoms with van der Waals surface area (Å²) in [4.78, 5) is 0. The van der Waals surface area contributed by atoms with Crippen LogP contribution in [0.2, 0.25) is 5.02 Å². The molecule has 0 heterocycles. The first kappa shape index (κ1) is 11.5. The zero-order chi connectivity index (χ0) is 10.6. The third-order valence-corrected chi connectivity index (χ3v) is 2.34. The van der Waals surface area contributed by atoms with E-state index < -0.39 is 0 Å². The van der Waals surface area contributed by atoms with Gasteiger partial charge in [0, 0.05) is 17.6 Å². The van der Waals surface area contributed by atoms with Crippen LogP contribution in [0.4, 0.5) is 0 Å². The molecule has 2 unspecified atom stereocenters. The molecule has 1 aromatic carbocycles. The highest BCUT2D eigenvalue weighted by atomic mass is 35.5. The van der Waals surface area contributed by atoms with Crippen molar-refractivity contribution in [2.75, 3.05) is 6.54 Å². The number of hydrogen-bond acceptors (Lipinski definition) is 2. The Morgan fingerprint density at radius 1 is 1.29 bits per heavy atom. The molecule has 0 amide bonds. The summed E-state index contributed by atoms with van der Waals surface area (Å²) >= 11 is 5.78. The maximum atomic E-state index is 9.11. The molecule has 78 valence electrons. The van der Waals surface area contributed by atoms with Gasteiger partial charge in [-0.25, -0.2) is 0 Å². The minimum Gasteiger partial charge on any atom is -0.392 e. The monoisotopic (exact) mass is 213 g/mol. The summed E-state index contributed by atoms with van der Waals surface area (Å²) in [6.45, 7) is 4.43. The zero-order valence-corrected chi connectivity index (χ0v) is 9.25. The van der Waals surface area contributed by atoms with E-state index in [-0.39, 0.29) is 12.1 Å². The topological polar surface area (TPSA) is 32.3 Å².